The molecule has 1 unspecified atom stereocenters. The Hall–Kier alpha value is 0.589. The van der Waals surface area contributed by atoms with E-state index < -0.39 is 22.8 Å². The van der Waals surface area contributed by atoms with Gasteiger partial charge in [0.2, 0.25) is 0 Å². The summed E-state index contributed by atoms with van der Waals surface area (Å²) in [4.78, 5) is 0. The summed E-state index contributed by atoms with van der Waals surface area (Å²) in [5.41, 5.74) is -0.0360. The van der Waals surface area contributed by atoms with Gasteiger partial charge in [-0.25, -0.2) is 0 Å². The Morgan fingerprint density at radius 1 is 1.10 bits per heavy atom. The lowest BCUT2D eigenvalue weighted by molar-refractivity contribution is 0.0357. The van der Waals surface area contributed by atoms with Crippen molar-refractivity contribution in [1.82, 2.24) is 0 Å². The van der Waals surface area contributed by atoms with Crippen LogP contribution in [0, 0.1) is 0 Å². The Morgan fingerprint density at radius 3 is 1.90 bits per heavy atom. The third kappa shape index (κ3) is 13.6. The number of hydrogen-bond acceptors (Lipinski definition) is 4. The van der Waals surface area contributed by atoms with Crippen LogP contribution in [0.4, 0.5) is 0 Å². The van der Waals surface area contributed by atoms with Gasteiger partial charge in [-0.1, -0.05) is 5.79 Å². The smallest absolute Gasteiger partial charge is 0.459 e. The molecule has 0 aromatic carbocycles. The van der Waals surface area contributed by atoms with E-state index >= 15 is 0 Å². The molecule has 0 spiro atoms. The molecule has 122 valence electrons. The Balaban J connectivity index is 0. The molecule has 6 heteroatoms. The van der Waals surface area contributed by atoms with Gasteiger partial charge in [0.1, 0.15) is 0 Å². The summed E-state index contributed by atoms with van der Waals surface area (Å²) in [7, 11) is 5.60. The summed E-state index contributed by atoms with van der Waals surface area (Å²) in [5, 5.41) is 1.10. The first-order valence-electron chi connectivity index (χ1n) is 7.19. The average Bonchev–Trinajstić information content (AvgIpc) is 2.38. The summed E-state index contributed by atoms with van der Waals surface area (Å²) < 4.78 is 21.0. The van der Waals surface area contributed by atoms with Crippen LogP contribution >= 0.6 is 0 Å². The molecule has 0 radical (unpaired) electrons. The van der Waals surface area contributed by atoms with E-state index in [1.807, 2.05) is 0 Å². The predicted octanol–water partition coefficient (Wildman–Crippen LogP) is 3.55. The second-order valence-electron chi connectivity index (χ2n) is 6.43. The van der Waals surface area contributed by atoms with Crippen molar-refractivity contribution in [2.24, 2.45) is 0 Å². The van der Waals surface area contributed by atoms with Gasteiger partial charge in [-0.3, -0.25) is 0 Å². The zero-order valence-electron chi connectivity index (χ0n) is 15.2. The fourth-order valence-electron chi connectivity index (χ4n) is 1.83. The summed E-state index contributed by atoms with van der Waals surface area (Å²) in [5.74, 6) is 2.18. The second kappa shape index (κ2) is 11.2. The normalized spacial score (nSPS) is 13.5. The molecule has 0 aliphatic carbocycles. The average molecular weight is 322 g/mol. The molecule has 0 aromatic rings. The van der Waals surface area contributed by atoms with Crippen molar-refractivity contribution >= 4 is 22.8 Å². The maximum Gasteiger partial charge on any atom is 0.459 e. The van der Waals surface area contributed by atoms with E-state index in [2.05, 4.69) is 39.7 Å². The highest BCUT2D eigenvalue weighted by Gasteiger charge is 2.30. The minimum atomic E-state index is -1.46. The Labute approximate surface area is 132 Å². The largest absolute Gasteiger partial charge is 0.503 e. The summed E-state index contributed by atoms with van der Waals surface area (Å²) in [6.45, 7) is 10.7. The van der Waals surface area contributed by atoms with E-state index in [4.69, 9.17) is 17.7 Å². The highest BCUT2D eigenvalue weighted by Crippen LogP contribution is 2.23. The first-order valence-corrected chi connectivity index (χ1v) is 12.7. The van der Waals surface area contributed by atoms with Crippen LogP contribution in [0.25, 0.3) is 0 Å². The van der Waals surface area contributed by atoms with Gasteiger partial charge < -0.3 is 17.7 Å². The van der Waals surface area contributed by atoms with Crippen molar-refractivity contribution in [1.29, 1.82) is 0 Å². The third-order valence-corrected chi connectivity index (χ3v) is 8.37. The molecule has 20 heavy (non-hydrogen) atoms. The zero-order chi connectivity index (χ0) is 16.4. The molecule has 0 N–H and O–H groups in total. The Kier molecular flexibility index (Phi) is 12.8. The maximum absolute atomic E-state index is 5.43. The Morgan fingerprint density at radius 2 is 1.60 bits per heavy atom. The lowest BCUT2D eigenvalue weighted by Gasteiger charge is -2.30. The maximum atomic E-state index is 5.43. The number of ether oxygens (including phenoxy) is 2. The number of methoxy groups -OCH3 is 2. The van der Waals surface area contributed by atoms with Crippen molar-refractivity contribution in [2.45, 2.75) is 62.7 Å². The number of hydrogen-bond donors (Lipinski definition) is 0. The van der Waals surface area contributed by atoms with Crippen LogP contribution in [0.5, 0.6) is 0 Å². The molecule has 0 fully saturated rings. The fourth-order valence-corrected chi connectivity index (χ4v) is 5.49. The van der Waals surface area contributed by atoms with Gasteiger partial charge in [0.25, 0.3) is 0 Å². The van der Waals surface area contributed by atoms with Crippen molar-refractivity contribution < 1.29 is 17.7 Å². The van der Waals surface area contributed by atoms with Crippen molar-refractivity contribution in [3.05, 3.63) is 0 Å². The molecule has 1 atom stereocenters. The molecular formula is C14H35AlO4Si. The lowest BCUT2D eigenvalue weighted by Crippen LogP contribution is -2.39. The number of rotatable bonds is 8. The van der Waals surface area contributed by atoms with Crippen LogP contribution in [-0.4, -0.2) is 62.9 Å². The highest BCUT2D eigenvalue weighted by atomic mass is 28.4. The molecule has 0 amide bonds. The fraction of sp³-hybridized carbons (Fsp3) is 1.00. The van der Waals surface area contributed by atoms with E-state index in [-0.39, 0.29) is 5.60 Å². The van der Waals surface area contributed by atoms with Crippen molar-refractivity contribution in [3.8, 4) is 0 Å². The highest BCUT2D eigenvalue weighted by molar-refractivity contribution is 6.71. The van der Waals surface area contributed by atoms with Crippen molar-refractivity contribution in [2.75, 3.05) is 28.4 Å². The quantitative estimate of drug-likeness (QED) is 0.640. The van der Waals surface area contributed by atoms with E-state index in [0.717, 1.165) is 11.3 Å². The zero-order valence-corrected chi connectivity index (χ0v) is 17.4. The van der Waals surface area contributed by atoms with Gasteiger partial charge in [-0.15, -0.1) is 0 Å². The van der Waals surface area contributed by atoms with Gasteiger partial charge in [-0.05, 0) is 45.2 Å². The van der Waals surface area contributed by atoms with Gasteiger partial charge in [0.05, 0.1) is 5.60 Å². The molecule has 0 saturated heterocycles. The van der Waals surface area contributed by atoms with Crippen LogP contribution in [0.1, 0.15) is 20.8 Å². The molecule has 0 heterocycles. The van der Waals surface area contributed by atoms with E-state index in [1.165, 1.54) is 0 Å². The second-order valence-corrected chi connectivity index (χ2v) is 13.3. The molecule has 0 saturated carbocycles. The minimum absolute atomic E-state index is 0.0360. The third-order valence-electron chi connectivity index (χ3n) is 3.43. The van der Waals surface area contributed by atoms with E-state index in [1.54, 1.807) is 28.4 Å². The molecule has 0 rings (SSSR count). The molecule has 0 aliphatic rings. The van der Waals surface area contributed by atoms with Gasteiger partial charge in [-0.2, -0.15) is 0 Å². The molecule has 0 bridgehead atoms. The standard InChI is InChI=1S/C8H20O2Si.C4H9O.CH3O.CH3.Al/c1-8(2,9-3)7-11(5,6)10-4;1-4(2)5-3;1-2;;/h7H2,1-6H3;4H,1H2,2-3H3;1H3;1H3;/q;;-1;;+1. The summed E-state index contributed by atoms with van der Waals surface area (Å²) in [6.07, 6.45) is 0.367. The Bertz CT molecular complexity index is 215. The monoisotopic (exact) mass is 322 g/mol. The lowest BCUT2D eigenvalue weighted by atomic mass is 10.2. The van der Waals surface area contributed by atoms with E-state index in [9.17, 15) is 0 Å². The first kappa shape index (κ1) is 22.9. The van der Waals surface area contributed by atoms with Gasteiger partial charge in [0.15, 0.2) is 8.32 Å². The van der Waals surface area contributed by atoms with Crippen LogP contribution in [0.15, 0.2) is 0 Å². The molecule has 0 aromatic heterocycles. The minimum Gasteiger partial charge on any atom is -0.503 e. The van der Waals surface area contributed by atoms with Gasteiger partial charge >= 0.3 is 14.5 Å². The van der Waals surface area contributed by atoms with Gasteiger partial charge in [0, 0.05) is 34.5 Å². The first-order chi connectivity index (χ1) is 9.03. The SMILES string of the molecule is COC(C)(C)C[Si](C)(C)OC.COC(C)[CH2][Al]([CH3])[O]C. The van der Waals surface area contributed by atoms with Crippen LogP contribution in [0.3, 0.4) is 0 Å². The van der Waals surface area contributed by atoms with Crippen LogP contribution < -0.4 is 0 Å². The summed E-state index contributed by atoms with van der Waals surface area (Å²) >= 11 is -0.882. The topological polar surface area (TPSA) is 36.9 Å². The van der Waals surface area contributed by atoms with E-state index in [0.29, 0.717) is 6.10 Å². The van der Waals surface area contributed by atoms with Crippen LogP contribution in [0.2, 0.25) is 30.2 Å². The molecular weight excluding hydrogens is 287 g/mol. The summed E-state index contributed by atoms with van der Waals surface area (Å²) in [6, 6.07) is 1.03. The predicted molar refractivity (Wildman–Crippen MR) is 90.3 cm³/mol. The molecule has 0 aliphatic heterocycles. The molecule has 4 nitrogen and oxygen atoms in total. The van der Waals surface area contributed by atoms with Crippen molar-refractivity contribution in [3.63, 3.8) is 0 Å². The van der Waals surface area contributed by atoms with Crippen LogP contribution in [-0.2, 0) is 17.7 Å².